The van der Waals surface area contributed by atoms with Gasteiger partial charge in [-0.1, -0.05) is 12.1 Å². The van der Waals surface area contributed by atoms with Gasteiger partial charge in [0, 0.05) is 18.9 Å². The Morgan fingerprint density at radius 2 is 2.44 bits per heavy atom. The Bertz CT molecular complexity index is 400. The first-order chi connectivity index (χ1) is 7.68. The van der Waals surface area contributed by atoms with E-state index in [2.05, 4.69) is 0 Å². The summed E-state index contributed by atoms with van der Waals surface area (Å²) in [6.07, 6.45) is 0.539. The predicted molar refractivity (Wildman–Crippen MR) is 56.9 cm³/mol. The number of fused-ring (bicyclic) bond motifs is 1. The van der Waals surface area contributed by atoms with E-state index in [0.717, 1.165) is 11.1 Å². The van der Waals surface area contributed by atoms with Crippen LogP contribution in [0.2, 0.25) is 0 Å². The number of benzene rings is 1. The molecule has 0 unspecified atom stereocenters. The van der Waals surface area contributed by atoms with E-state index in [1.165, 1.54) is 6.92 Å². The second-order valence-corrected chi connectivity index (χ2v) is 3.77. The maximum Gasteiger partial charge on any atom is 0.302 e. The molecule has 0 amide bonds. The first-order valence-electron chi connectivity index (χ1n) is 5.24. The summed E-state index contributed by atoms with van der Waals surface area (Å²) in [4.78, 5) is 10.6. The number of phenols is 1. The quantitative estimate of drug-likeness (QED) is 0.794. The molecule has 86 valence electrons. The Balaban J connectivity index is 2.01. The number of phenolic OH excluding ortho intramolecular Hbond substituents is 1. The highest BCUT2D eigenvalue weighted by atomic mass is 16.5. The number of ether oxygens (including phenoxy) is 2. The van der Waals surface area contributed by atoms with Gasteiger partial charge in [-0.2, -0.15) is 0 Å². The van der Waals surface area contributed by atoms with Crippen molar-refractivity contribution in [3.05, 3.63) is 29.3 Å². The Kier molecular flexibility index (Phi) is 3.10. The lowest BCUT2D eigenvalue weighted by atomic mass is 10.0. The fraction of sp³-hybridized carbons (Fsp3) is 0.417. The van der Waals surface area contributed by atoms with Crippen LogP contribution in [0.5, 0.6) is 5.75 Å². The largest absolute Gasteiger partial charge is 0.508 e. The number of aromatic hydroxyl groups is 1. The fourth-order valence-corrected chi connectivity index (χ4v) is 1.87. The van der Waals surface area contributed by atoms with Gasteiger partial charge in [0.25, 0.3) is 0 Å². The van der Waals surface area contributed by atoms with E-state index in [-0.39, 0.29) is 17.8 Å². The number of hydrogen-bond acceptors (Lipinski definition) is 4. The summed E-state index contributed by atoms with van der Waals surface area (Å²) >= 11 is 0. The molecule has 1 N–H and O–H groups in total. The van der Waals surface area contributed by atoms with E-state index in [0.29, 0.717) is 19.6 Å². The molecule has 1 aliphatic heterocycles. The van der Waals surface area contributed by atoms with E-state index >= 15 is 0 Å². The molecule has 1 aromatic carbocycles. The van der Waals surface area contributed by atoms with Crippen LogP contribution in [0.1, 0.15) is 30.6 Å². The first kappa shape index (κ1) is 11.0. The average molecular weight is 222 g/mol. The molecular weight excluding hydrogens is 208 g/mol. The van der Waals surface area contributed by atoms with E-state index in [4.69, 9.17) is 9.47 Å². The molecule has 0 bridgehead atoms. The number of rotatable bonds is 3. The molecule has 0 saturated carbocycles. The molecule has 1 aliphatic rings. The summed E-state index contributed by atoms with van der Waals surface area (Å²) in [5.41, 5.74) is 1.84. The van der Waals surface area contributed by atoms with Crippen LogP contribution in [-0.4, -0.2) is 17.7 Å². The Morgan fingerprint density at radius 3 is 3.19 bits per heavy atom. The van der Waals surface area contributed by atoms with Crippen molar-refractivity contribution in [1.29, 1.82) is 0 Å². The van der Waals surface area contributed by atoms with E-state index in [1.807, 2.05) is 6.07 Å². The topological polar surface area (TPSA) is 55.8 Å². The van der Waals surface area contributed by atoms with Crippen LogP contribution in [0.4, 0.5) is 0 Å². The third kappa shape index (κ3) is 2.17. The SMILES string of the molecule is CC(=O)OCC[C@@H]1OCc2c(O)cccc21. The van der Waals surface area contributed by atoms with Gasteiger partial charge in [0.15, 0.2) is 0 Å². The Morgan fingerprint density at radius 1 is 1.62 bits per heavy atom. The number of carbonyl (C=O) groups is 1. The second-order valence-electron chi connectivity index (χ2n) is 3.77. The summed E-state index contributed by atoms with van der Waals surface area (Å²) in [5.74, 6) is -0.0124. The molecule has 4 nitrogen and oxygen atoms in total. The molecule has 4 heteroatoms. The van der Waals surface area contributed by atoms with Crippen LogP contribution in [0.15, 0.2) is 18.2 Å². The highest BCUT2D eigenvalue weighted by Crippen LogP contribution is 2.37. The lowest BCUT2D eigenvalue weighted by molar-refractivity contribution is -0.141. The lowest BCUT2D eigenvalue weighted by Gasteiger charge is -2.10. The van der Waals surface area contributed by atoms with Gasteiger partial charge in [-0.3, -0.25) is 4.79 Å². The first-order valence-corrected chi connectivity index (χ1v) is 5.24. The normalized spacial score (nSPS) is 18.2. The molecule has 0 spiro atoms. The highest BCUT2D eigenvalue weighted by molar-refractivity contribution is 5.65. The number of carbonyl (C=O) groups excluding carboxylic acids is 1. The number of hydrogen-bond donors (Lipinski definition) is 1. The molecule has 16 heavy (non-hydrogen) atoms. The van der Waals surface area contributed by atoms with Crippen molar-refractivity contribution in [2.75, 3.05) is 6.61 Å². The summed E-state index contributed by atoms with van der Waals surface area (Å²) < 4.78 is 10.4. The molecule has 0 aliphatic carbocycles. The third-order valence-corrected chi connectivity index (χ3v) is 2.65. The van der Waals surface area contributed by atoms with Gasteiger partial charge in [0.1, 0.15) is 5.75 Å². The van der Waals surface area contributed by atoms with Crippen molar-refractivity contribution in [2.45, 2.75) is 26.1 Å². The smallest absolute Gasteiger partial charge is 0.302 e. The minimum Gasteiger partial charge on any atom is -0.508 e. The zero-order valence-electron chi connectivity index (χ0n) is 9.10. The maximum absolute atomic E-state index is 10.6. The fourth-order valence-electron chi connectivity index (χ4n) is 1.87. The van der Waals surface area contributed by atoms with Crippen molar-refractivity contribution < 1.29 is 19.4 Å². The van der Waals surface area contributed by atoms with E-state index in [1.54, 1.807) is 12.1 Å². The zero-order chi connectivity index (χ0) is 11.5. The summed E-state index contributed by atoms with van der Waals surface area (Å²) in [6, 6.07) is 5.37. The van der Waals surface area contributed by atoms with Crippen molar-refractivity contribution in [2.24, 2.45) is 0 Å². The van der Waals surface area contributed by atoms with Crippen molar-refractivity contribution in [1.82, 2.24) is 0 Å². The zero-order valence-corrected chi connectivity index (χ0v) is 9.10. The number of esters is 1. The van der Waals surface area contributed by atoms with Crippen LogP contribution < -0.4 is 0 Å². The van der Waals surface area contributed by atoms with Gasteiger partial charge in [0.05, 0.1) is 19.3 Å². The summed E-state index contributed by atoms with van der Waals surface area (Å²) in [7, 11) is 0. The molecule has 1 heterocycles. The van der Waals surface area contributed by atoms with E-state index < -0.39 is 0 Å². The molecule has 0 fully saturated rings. The maximum atomic E-state index is 10.6. The molecule has 1 aromatic rings. The molecule has 0 saturated heterocycles. The third-order valence-electron chi connectivity index (χ3n) is 2.65. The van der Waals surface area contributed by atoms with E-state index in [9.17, 15) is 9.90 Å². The molecule has 0 radical (unpaired) electrons. The summed E-state index contributed by atoms with van der Waals surface area (Å²) in [5, 5.41) is 9.60. The lowest BCUT2D eigenvalue weighted by Crippen LogP contribution is -2.05. The Hall–Kier alpha value is -1.55. The molecule has 0 aromatic heterocycles. The van der Waals surface area contributed by atoms with Gasteiger partial charge < -0.3 is 14.6 Å². The van der Waals surface area contributed by atoms with Crippen molar-refractivity contribution in [3.8, 4) is 5.75 Å². The monoisotopic (exact) mass is 222 g/mol. The van der Waals surface area contributed by atoms with Crippen molar-refractivity contribution in [3.63, 3.8) is 0 Å². The molecule has 2 rings (SSSR count). The van der Waals surface area contributed by atoms with Gasteiger partial charge >= 0.3 is 5.97 Å². The van der Waals surface area contributed by atoms with Gasteiger partial charge in [0.2, 0.25) is 0 Å². The van der Waals surface area contributed by atoms with Gasteiger partial charge in [-0.15, -0.1) is 0 Å². The van der Waals surface area contributed by atoms with Crippen LogP contribution >= 0.6 is 0 Å². The van der Waals surface area contributed by atoms with Crippen molar-refractivity contribution >= 4 is 5.97 Å². The van der Waals surface area contributed by atoms with Crippen LogP contribution in [0, 0.1) is 0 Å². The van der Waals surface area contributed by atoms with Gasteiger partial charge in [-0.05, 0) is 11.6 Å². The predicted octanol–water partition coefficient (Wildman–Crippen LogP) is 1.92. The Labute approximate surface area is 93.8 Å². The summed E-state index contributed by atoms with van der Waals surface area (Å²) in [6.45, 7) is 2.15. The minimum absolute atomic E-state index is 0.0820. The minimum atomic E-state index is -0.283. The molecular formula is C12H14O4. The molecule has 1 atom stereocenters. The van der Waals surface area contributed by atoms with Crippen LogP contribution in [-0.2, 0) is 20.9 Å². The van der Waals surface area contributed by atoms with Gasteiger partial charge in [-0.25, -0.2) is 0 Å². The average Bonchev–Trinajstić information content (AvgIpc) is 2.63. The highest BCUT2D eigenvalue weighted by Gasteiger charge is 2.25. The second kappa shape index (κ2) is 4.53. The standard InChI is InChI=1S/C12H14O4/c1-8(13)15-6-5-12-9-3-2-4-11(14)10(9)7-16-12/h2-4,12,14H,5-7H2,1H3/t12-/m0/s1. The van der Waals surface area contributed by atoms with Crippen LogP contribution in [0.3, 0.4) is 0 Å². The van der Waals surface area contributed by atoms with Crippen LogP contribution in [0.25, 0.3) is 0 Å².